The molecule has 0 unspecified atom stereocenters. The van der Waals surface area contributed by atoms with Gasteiger partial charge in [-0.2, -0.15) is 13.2 Å². The van der Waals surface area contributed by atoms with E-state index in [1.807, 2.05) is 4.90 Å². The van der Waals surface area contributed by atoms with E-state index in [-0.39, 0.29) is 12.1 Å². The zero-order valence-corrected chi connectivity index (χ0v) is 12.5. The number of alkyl halides is 3. The van der Waals surface area contributed by atoms with E-state index in [0.717, 1.165) is 6.07 Å². The smallest absolute Gasteiger partial charge is 0.392 e. The Balaban J connectivity index is 1.63. The van der Waals surface area contributed by atoms with Crippen LogP contribution in [0.15, 0.2) is 18.2 Å². The van der Waals surface area contributed by atoms with Crippen LogP contribution in [-0.2, 0) is 12.7 Å². The van der Waals surface area contributed by atoms with E-state index in [1.54, 1.807) is 0 Å². The van der Waals surface area contributed by atoms with Crippen molar-refractivity contribution in [3.8, 4) is 0 Å². The summed E-state index contributed by atoms with van der Waals surface area (Å²) in [6, 6.07) is 2.60. The molecule has 128 valence electrons. The molecule has 1 heterocycles. The number of piperidine rings is 1. The van der Waals surface area contributed by atoms with Gasteiger partial charge in [-0.05, 0) is 38.1 Å². The van der Waals surface area contributed by atoms with Gasteiger partial charge in [-0.25, -0.2) is 4.39 Å². The number of benzene rings is 1. The van der Waals surface area contributed by atoms with Gasteiger partial charge in [-0.3, -0.25) is 4.90 Å². The molecule has 3 nitrogen and oxygen atoms in total. The first-order chi connectivity index (χ1) is 10.7. The van der Waals surface area contributed by atoms with Crippen molar-refractivity contribution in [2.75, 3.05) is 13.1 Å². The number of rotatable bonds is 2. The summed E-state index contributed by atoms with van der Waals surface area (Å²) >= 11 is 0. The molecular weight excluding hydrogens is 314 g/mol. The molecule has 1 saturated carbocycles. The number of likely N-dealkylation sites (tertiary alicyclic amines) is 1. The molecule has 1 aliphatic carbocycles. The molecule has 23 heavy (non-hydrogen) atoms. The summed E-state index contributed by atoms with van der Waals surface area (Å²) in [5.74, 6) is -0.858. The fraction of sp³-hybridized carbons (Fsp3) is 0.625. The van der Waals surface area contributed by atoms with Gasteiger partial charge in [-0.15, -0.1) is 0 Å². The van der Waals surface area contributed by atoms with Crippen molar-refractivity contribution >= 4 is 0 Å². The summed E-state index contributed by atoms with van der Waals surface area (Å²) in [6.45, 7) is 1.38. The molecule has 2 aliphatic rings. The molecule has 0 amide bonds. The molecule has 0 aromatic heterocycles. The van der Waals surface area contributed by atoms with Crippen LogP contribution in [0.3, 0.4) is 0 Å². The maximum Gasteiger partial charge on any atom is 0.416 e. The lowest BCUT2D eigenvalue weighted by Gasteiger charge is -2.55. The van der Waals surface area contributed by atoms with Crippen LogP contribution in [0.5, 0.6) is 0 Å². The number of hydrogen-bond donors (Lipinski definition) is 2. The van der Waals surface area contributed by atoms with Gasteiger partial charge >= 0.3 is 6.18 Å². The zero-order chi connectivity index (χ0) is 16.8. The minimum absolute atomic E-state index is 0.226. The quantitative estimate of drug-likeness (QED) is 0.818. The normalized spacial score (nSPS) is 27.9. The van der Waals surface area contributed by atoms with Gasteiger partial charge in [0.2, 0.25) is 0 Å². The van der Waals surface area contributed by atoms with Crippen molar-refractivity contribution < 1.29 is 27.8 Å². The van der Waals surface area contributed by atoms with Gasteiger partial charge in [0.05, 0.1) is 17.8 Å². The second kappa shape index (κ2) is 5.72. The van der Waals surface area contributed by atoms with Crippen LogP contribution in [0.2, 0.25) is 0 Å². The van der Waals surface area contributed by atoms with Gasteiger partial charge in [-0.1, -0.05) is 6.07 Å². The number of aliphatic hydroxyl groups excluding tert-OH is 2. The Labute approximate surface area is 131 Å². The van der Waals surface area contributed by atoms with E-state index >= 15 is 0 Å². The molecule has 7 heteroatoms. The Kier molecular flexibility index (Phi) is 4.14. The molecule has 0 bridgehead atoms. The summed E-state index contributed by atoms with van der Waals surface area (Å²) in [7, 11) is 0. The highest BCUT2D eigenvalue weighted by Gasteiger charge is 2.54. The van der Waals surface area contributed by atoms with Gasteiger partial charge in [0.15, 0.2) is 0 Å². The first-order valence-corrected chi connectivity index (χ1v) is 7.66. The Hall–Kier alpha value is -1.18. The standard InChI is InChI=1S/C16H19F4NO2/c17-12-7-11(16(18,19)20)2-1-10(12)9-21-5-3-15(4-6-21)13(22)8-14(15)23/h1-2,7,13-14,22-23H,3-6,8-9H2/t13-,14+. The zero-order valence-electron chi connectivity index (χ0n) is 12.5. The third kappa shape index (κ3) is 2.97. The lowest BCUT2D eigenvalue weighted by Crippen LogP contribution is -2.61. The molecule has 1 spiro atoms. The Morgan fingerprint density at radius 3 is 2.22 bits per heavy atom. The van der Waals surface area contributed by atoms with E-state index in [4.69, 9.17) is 0 Å². The first kappa shape index (κ1) is 16.7. The third-order valence-corrected chi connectivity index (χ3v) is 5.34. The van der Waals surface area contributed by atoms with Crippen LogP contribution in [0.1, 0.15) is 30.4 Å². The molecule has 2 atom stereocenters. The summed E-state index contributed by atoms with van der Waals surface area (Å²) < 4.78 is 51.5. The largest absolute Gasteiger partial charge is 0.416 e. The fourth-order valence-electron chi connectivity index (χ4n) is 3.63. The molecule has 0 radical (unpaired) electrons. The van der Waals surface area contributed by atoms with Crippen molar-refractivity contribution in [2.24, 2.45) is 5.41 Å². The number of halogens is 4. The van der Waals surface area contributed by atoms with Crippen molar-refractivity contribution in [1.29, 1.82) is 0 Å². The monoisotopic (exact) mass is 333 g/mol. The molecule has 1 aromatic rings. The van der Waals surface area contributed by atoms with Crippen LogP contribution in [0.25, 0.3) is 0 Å². The predicted octanol–water partition coefficient (Wildman–Crippen LogP) is 2.55. The highest BCUT2D eigenvalue weighted by Crippen LogP contribution is 2.49. The van der Waals surface area contributed by atoms with Crippen LogP contribution < -0.4 is 0 Å². The Morgan fingerprint density at radius 1 is 1.13 bits per heavy atom. The predicted molar refractivity (Wildman–Crippen MR) is 75.0 cm³/mol. The molecular formula is C16H19F4NO2. The topological polar surface area (TPSA) is 43.7 Å². The summed E-state index contributed by atoms with van der Waals surface area (Å²) in [6.07, 6.45) is -3.93. The fourth-order valence-corrected chi connectivity index (χ4v) is 3.63. The molecule has 1 aliphatic heterocycles. The second-order valence-corrected chi connectivity index (χ2v) is 6.58. The lowest BCUT2D eigenvalue weighted by molar-refractivity contribution is -0.190. The van der Waals surface area contributed by atoms with Gasteiger partial charge in [0.25, 0.3) is 0 Å². The van der Waals surface area contributed by atoms with Crippen molar-refractivity contribution in [1.82, 2.24) is 4.90 Å². The van der Waals surface area contributed by atoms with Crippen LogP contribution in [-0.4, -0.2) is 40.4 Å². The maximum atomic E-state index is 13.9. The van der Waals surface area contributed by atoms with Crippen molar-refractivity contribution in [3.05, 3.63) is 35.1 Å². The van der Waals surface area contributed by atoms with Gasteiger partial charge in [0, 0.05) is 23.9 Å². The first-order valence-electron chi connectivity index (χ1n) is 7.66. The molecule has 1 saturated heterocycles. The van der Waals surface area contributed by atoms with Crippen LogP contribution in [0.4, 0.5) is 17.6 Å². The average molecular weight is 333 g/mol. The molecule has 2 fully saturated rings. The van der Waals surface area contributed by atoms with E-state index < -0.39 is 35.2 Å². The third-order valence-electron chi connectivity index (χ3n) is 5.34. The lowest BCUT2D eigenvalue weighted by atomic mass is 9.58. The maximum absolute atomic E-state index is 13.9. The second-order valence-electron chi connectivity index (χ2n) is 6.58. The molecule has 1 aromatic carbocycles. The van der Waals surface area contributed by atoms with Crippen molar-refractivity contribution in [3.63, 3.8) is 0 Å². The Morgan fingerprint density at radius 2 is 1.74 bits per heavy atom. The Bertz CT molecular complexity index is 572. The van der Waals surface area contributed by atoms with E-state index in [2.05, 4.69) is 0 Å². The number of nitrogens with zero attached hydrogens (tertiary/aromatic N) is 1. The summed E-state index contributed by atoms with van der Waals surface area (Å²) in [5.41, 5.74) is -1.21. The van der Waals surface area contributed by atoms with E-state index in [0.29, 0.717) is 38.4 Å². The SMILES string of the molecule is O[C@@H]1C[C@H](O)C12CCN(Cc1ccc(C(F)(F)F)cc1F)CC2. The average Bonchev–Trinajstić information content (AvgIpc) is 2.49. The molecule has 3 rings (SSSR count). The summed E-state index contributed by atoms with van der Waals surface area (Å²) in [5, 5.41) is 19.8. The highest BCUT2D eigenvalue weighted by molar-refractivity contribution is 5.26. The van der Waals surface area contributed by atoms with Gasteiger partial charge in [0.1, 0.15) is 5.82 Å². The van der Waals surface area contributed by atoms with E-state index in [9.17, 15) is 27.8 Å². The number of hydrogen-bond acceptors (Lipinski definition) is 3. The minimum Gasteiger partial charge on any atom is -0.392 e. The van der Waals surface area contributed by atoms with Gasteiger partial charge < -0.3 is 10.2 Å². The van der Waals surface area contributed by atoms with Crippen molar-refractivity contribution in [2.45, 2.75) is 44.2 Å². The minimum atomic E-state index is -4.55. The number of aliphatic hydroxyl groups is 2. The van der Waals surface area contributed by atoms with Crippen LogP contribution in [0, 0.1) is 11.2 Å². The van der Waals surface area contributed by atoms with Crippen LogP contribution >= 0.6 is 0 Å². The van der Waals surface area contributed by atoms with E-state index in [1.165, 1.54) is 6.07 Å². The molecule has 2 N–H and O–H groups in total. The highest BCUT2D eigenvalue weighted by atomic mass is 19.4. The summed E-state index contributed by atoms with van der Waals surface area (Å²) in [4.78, 5) is 1.94.